The van der Waals surface area contributed by atoms with E-state index in [1.54, 1.807) is 25.2 Å². The summed E-state index contributed by atoms with van der Waals surface area (Å²) in [5.41, 5.74) is 2.33. The van der Waals surface area contributed by atoms with E-state index in [0.717, 1.165) is 16.9 Å². The molecule has 0 atom stereocenters. The topological polar surface area (TPSA) is 78.1 Å². The summed E-state index contributed by atoms with van der Waals surface area (Å²) in [6, 6.07) is 12.5. The summed E-state index contributed by atoms with van der Waals surface area (Å²) in [6.07, 6.45) is 0.739. The number of H-pyrrole nitrogens is 1. The molecule has 27 heavy (non-hydrogen) atoms. The Hall–Kier alpha value is -2.57. The molecule has 0 saturated carbocycles. The summed E-state index contributed by atoms with van der Waals surface area (Å²) < 4.78 is 0. The molecule has 0 bridgehead atoms. The molecule has 1 aromatic heterocycles. The number of fused-ring (bicyclic) bond motifs is 1. The summed E-state index contributed by atoms with van der Waals surface area (Å²) in [5.74, 6) is 0.297. The molecule has 140 valence electrons. The first-order valence-corrected chi connectivity index (χ1v) is 9.10. The number of hydrogen-bond donors (Lipinski definition) is 2. The number of amides is 2. The molecule has 0 radical (unpaired) electrons. The predicted molar refractivity (Wildman–Crippen MR) is 107 cm³/mol. The van der Waals surface area contributed by atoms with Crippen LogP contribution in [0.2, 0.25) is 10.0 Å². The summed E-state index contributed by atoms with van der Waals surface area (Å²) in [6.45, 7) is -0.0563. The Kier molecular flexibility index (Phi) is 5.98. The van der Waals surface area contributed by atoms with Crippen molar-refractivity contribution in [3.8, 4) is 0 Å². The van der Waals surface area contributed by atoms with Crippen LogP contribution in [0.3, 0.4) is 0 Å². The minimum atomic E-state index is -0.312. The van der Waals surface area contributed by atoms with Crippen molar-refractivity contribution in [2.24, 2.45) is 0 Å². The zero-order valence-corrected chi connectivity index (χ0v) is 16.1. The molecule has 0 aliphatic rings. The normalized spacial score (nSPS) is 10.8. The van der Waals surface area contributed by atoms with Gasteiger partial charge < -0.3 is 15.2 Å². The number of nitrogens with zero attached hydrogens (tertiary/aromatic N) is 2. The first-order chi connectivity index (χ1) is 12.9. The van der Waals surface area contributed by atoms with Gasteiger partial charge in [0, 0.05) is 25.6 Å². The van der Waals surface area contributed by atoms with Crippen LogP contribution < -0.4 is 5.32 Å². The highest BCUT2D eigenvalue weighted by atomic mass is 35.5. The number of anilines is 1. The monoisotopic (exact) mass is 404 g/mol. The smallest absolute Gasteiger partial charge is 0.243 e. The number of aromatic amines is 1. The second kappa shape index (κ2) is 8.41. The van der Waals surface area contributed by atoms with Gasteiger partial charge in [-0.25, -0.2) is 4.98 Å². The second-order valence-electron chi connectivity index (χ2n) is 6.13. The first-order valence-electron chi connectivity index (χ1n) is 8.35. The van der Waals surface area contributed by atoms with Crippen LogP contribution in [0.15, 0.2) is 42.5 Å². The number of halogens is 2. The molecule has 0 saturated heterocycles. The van der Waals surface area contributed by atoms with E-state index in [1.807, 2.05) is 24.3 Å². The maximum atomic E-state index is 12.3. The highest BCUT2D eigenvalue weighted by Gasteiger charge is 2.14. The van der Waals surface area contributed by atoms with E-state index in [0.29, 0.717) is 22.2 Å². The number of likely N-dealkylation sites (N-methyl/N-ethyl adjacent to an activating group) is 1. The summed E-state index contributed by atoms with van der Waals surface area (Å²) in [7, 11) is 1.59. The lowest BCUT2D eigenvalue weighted by Gasteiger charge is -2.16. The lowest BCUT2D eigenvalue weighted by Crippen LogP contribution is -2.35. The average molecular weight is 405 g/mol. The van der Waals surface area contributed by atoms with E-state index in [9.17, 15) is 9.59 Å². The second-order valence-corrected chi connectivity index (χ2v) is 6.94. The third kappa shape index (κ3) is 4.99. The van der Waals surface area contributed by atoms with E-state index < -0.39 is 0 Å². The number of rotatable bonds is 6. The molecular formula is C19H18Cl2N4O2. The van der Waals surface area contributed by atoms with Crippen molar-refractivity contribution in [3.63, 3.8) is 0 Å². The molecule has 0 fully saturated rings. The van der Waals surface area contributed by atoms with Crippen molar-refractivity contribution in [2.75, 3.05) is 18.9 Å². The van der Waals surface area contributed by atoms with E-state index in [-0.39, 0.29) is 24.8 Å². The van der Waals surface area contributed by atoms with Crippen LogP contribution in [0, 0.1) is 0 Å². The Morgan fingerprint density at radius 2 is 1.93 bits per heavy atom. The van der Waals surface area contributed by atoms with Gasteiger partial charge in [0.2, 0.25) is 11.8 Å². The van der Waals surface area contributed by atoms with Crippen LogP contribution in [0.4, 0.5) is 5.69 Å². The van der Waals surface area contributed by atoms with Crippen LogP contribution in [0.1, 0.15) is 12.2 Å². The van der Waals surface area contributed by atoms with Crippen molar-refractivity contribution in [3.05, 3.63) is 58.3 Å². The van der Waals surface area contributed by atoms with Crippen molar-refractivity contribution < 1.29 is 9.59 Å². The Labute approximate surface area is 166 Å². The lowest BCUT2D eigenvalue weighted by molar-refractivity contribution is -0.133. The van der Waals surface area contributed by atoms with Gasteiger partial charge in [0.05, 0.1) is 27.6 Å². The Balaban J connectivity index is 1.50. The van der Waals surface area contributed by atoms with Crippen LogP contribution in [-0.2, 0) is 16.0 Å². The molecule has 1 heterocycles. The van der Waals surface area contributed by atoms with E-state index >= 15 is 0 Å². The van der Waals surface area contributed by atoms with E-state index in [2.05, 4.69) is 15.3 Å². The number of para-hydroxylation sites is 2. The Morgan fingerprint density at radius 1 is 1.15 bits per heavy atom. The van der Waals surface area contributed by atoms with Gasteiger partial charge in [0.15, 0.2) is 0 Å². The molecule has 2 aromatic carbocycles. The molecule has 2 N–H and O–H groups in total. The largest absolute Gasteiger partial charge is 0.342 e. The molecule has 6 nitrogen and oxygen atoms in total. The fourth-order valence-corrected chi connectivity index (χ4v) is 2.92. The molecule has 0 unspecified atom stereocenters. The van der Waals surface area contributed by atoms with E-state index in [1.165, 1.54) is 4.90 Å². The van der Waals surface area contributed by atoms with E-state index in [4.69, 9.17) is 23.2 Å². The standard InChI is InChI=1S/C19H18Cl2N4O2/c1-25(11-18(26)22-12-6-7-13(20)14(21)10-12)19(27)9-8-17-23-15-4-2-3-5-16(15)24-17/h2-7,10H,8-9,11H2,1H3,(H,22,26)(H,23,24). The molecule has 2 amide bonds. The predicted octanol–water partition coefficient (Wildman–Crippen LogP) is 3.90. The first kappa shape index (κ1) is 19.2. The fraction of sp³-hybridized carbons (Fsp3) is 0.211. The van der Waals surface area contributed by atoms with Gasteiger partial charge in [-0.2, -0.15) is 0 Å². The van der Waals surface area contributed by atoms with Crippen molar-refractivity contribution in [2.45, 2.75) is 12.8 Å². The van der Waals surface area contributed by atoms with Crippen LogP contribution in [0.5, 0.6) is 0 Å². The molecule has 0 aliphatic heterocycles. The van der Waals surface area contributed by atoms with Crippen LogP contribution in [0.25, 0.3) is 11.0 Å². The van der Waals surface area contributed by atoms with Crippen LogP contribution in [-0.4, -0.2) is 40.3 Å². The molecule has 0 spiro atoms. The van der Waals surface area contributed by atoms with Gasteiger partial charge in [-0.1, -0.05) is 35.3 Å². The molecule has 8 heteroatoms. The zero-order chi connectivity index (χ0) is 19.4. The molecule has 3 aromatic rings. The minimum absolute atomic E-state index is 0.0563. The summed E-state index contributed by atoms with van der Waals surface area (Å²) in [5, 5.41) is 3.45. The molecular weight excluding hydrogens is 387 g/mol. The summed E-state index contributed by atoms with van der Waals surface area (Å²) >= 11 is 11.8. The Morgan fingerprint density at radius 3 is 2.67 bits per heavy atom. The van der Waals surface area contributed by atoms with Gasteiger partial charge in [-0.3, -0.25) is 9.59 Å². The van der Waals surface area contributed by atoms with Gasteiger partial charge in [-0.15, -0.1) is 0 Å². The third-order valence-corrected chi connectivity index (χ3v) is 4.76. The number of imidazole rings is 1. The fourth-order valence-electron chi connectivity index (χ4n) is 2.62. The zero-order valence-electron chi connectivity index (χ0n) is 14.6. The average Bonchev–Trinajstić information content (AvgIpc) is 3.05. The highest BCUT2D eigenvalue weighted by molar-refractivity contribution is 6.42. The van der Waals surface area contributed by atoms with Crippen LogP contribution >= 0.6 is 23.2 Å². The molecule has 0 aliphatic carbocycles. The van der Waals surface area contributed by atoms with Crippen molar-refractivity contribution in [1.29, 1.82) is 0 Å². The maximum absolute atomic E-state index is 12.3. The summed E-state index contributed by atoms with van der Waals surface area (Å²) in [4.78, 5) is 33.4. The van der Waals surface area contributed by atoms with Crippen molar-refractivity contribution in [1.82, 2.24) is 14.9 Å². The number of aryl methyl sites for hydroxylation is 1. The maximum Gasteiger partial charge on any atom is 0.243 e. The number of carbonyl (C=O) groups is 2. The van der Waals surface area contributed by atoms with Gasteiger partial charge in [0.25, 0.3) is 0 Å². The SMILES string of the molecule is CN(CC(=O)Nc1ccc(Cl)c(Cl)c1)C(=O)CCc1nc2ccccc2[nH]1. The van der Waals surface area contributed by atoms with Gasteiger partial charge >= 0.3 is 0 Å². The minimum Gasteiger partial charge on any atom is -0.342 e. The van der Waals surface area contributed by atoms with Gasteiger partial charge in [0.1, 0.15) is 5.82 Å². The number of benzene rings is 2. The highest BCUT2D eigenvalue weighted by Crippen LogP contribution is 2.24. The van der Waals surface area contributed by atoms with Gasteiger partial charge in [-0.05, 0) is 30.3 Å². The number of aromatic nitrogens is 2. The number of hydrogen-bond acceptors (Lipinski definition) is 3. The lowest BCUT2D eigenvalue weighted by atomic mass is 10.2. The molecule has 3 rings (SSSR count). The Bertz CT molecular complexity index is 954. The number of carbonyl (C=O) groups excluding carboxylic acids is 2. The number of nitrogens with one attached hydrogen (secondary N) is 2. The third-order valence-electron chi connectivity index (χ3n) is 4.02. The van der Waals surface area contributed by atoms with Crippen molar-refractivity contribution >= 4 is 51.7 Å². The quantitative estimate of drug-likeness (QED) is 0.653.